The molecule has 3 nitrogen and oxygen atoms in total. The lowest BCUT2D eigenvalue weighted by molar-refractivity contribution is -0.223. The van der Waals surface area contributed by atoms with Gasteiger partial charge in [-0.05, 0) is 10.8 Å². The van der Waals surface area contributed by atoms with Crippen LogP contribution in [0.5, 0.6) is 0 Å². The van der Waals surface area contributed by atoms with Crippen molar-refractivity contribution in [1.82, 2.24) is 0 Å². The van der Waals surface area contributed by atoms with Crippen LogP contribution in [0.2, 0.25) is 0 Å². The van der Waals surface area contributed by atoms with Gasteiger partial charge >= 0.3 is 12.4 Å². The number of hydrogen-bond donors (Lipinski definition) is 0. The van der Waals surface area contributed by atoms with Gasteiger partial charge in [0.2, 0.25) is 5.25 Å². The summed E-state index contributed by atoms with van der Waals surface area (Å²) in [5, 5.41) is -4.21. The average Bonchev–Trinajstić information content (AvgIpc) is 1.75. The van der Waals surface area contributed by atoms with E-state index in [2.05, 4.69) is 0 Å². The predicted octanol–water partition coefficient (Wildman–Crippen LogP) is 1.67. The lowest BCUT2D eigenvalue weighted by atomic mass is 10.4. The van der Waals surface area contributed by atoms with Gasteiger partial charge in [-0.1, -0.05) is 0 Å². The first kappa shape index (κ1) is 13.8. The molecule has 0 aromatic rings. The van der Waals surface area contributed by atoms with Crippen molar-refractivity contribution >= 4 is 19.9 Å². The number of alkyl halides is 6. The summed E-state index contributed by atoms with van der Waals surface area (Å²) in [6, 6.07) is 0. The van der Waals surface area contributed by atoms with Gasteiger partial charge in [-0.25, -0.2) is 8.42 Å². The minimum Gasteiger partial charge on any atom is -0.739 e. The van der Waals surface area contributed by atoms with Crippen LogP contribution in [0.25, 0.3) is 0 Å². The van der Waals surface area contributed by atoms with E-state index in [0.29, 0.717) is 0 Å². The van der Waals surface area contributed by atoms with Crippen LogP contribution in [0.3, 0.4) is 0 Å². The van der Waals surface area contributed by atoms with Gasteiger partial charge < -0.3 is 4.55 Å². The summed E-state index contributed by atoms with van der Waals surface area (Å²) >= 11 is 0. The van der Waals surface area contributed by atoms with Crippen molar-refractivity contribution in [3.8, 4) is 0 Å². The van der Waals surface area contributed by atoms with Crippen LogP contribution in [-0.4, -0.2) is 30.6 Å². The van der Waals surface area contributed by atoms with E-state index in [1.54, 1.807) is 0 Å². The van der Waals surface area contributed by atoms with E-state index in [0.717, 1.165) is 0 Å². The van der Waals surface area contributed by atoms with Crippen molar-refractivity contribution < 1.29 is 39.3 Å². The van der Waals surface area contributed by atoms with Crippen molar-refractivity contribution in [2.24, 2.45) is 0 Å². The van der Waals surface area contributed by atoms with Gasteiger partial charge in [-0.15, -0.1) is 0 Å². The van der Waals surface area contributed by atoms with E-state index < -0.39 is 37.5 Å². The summed E-state index contributed by atoms with van der Waals surface area (Å²) in [7, 11) is -7.38. The molecule has 0 rings (SSSR count). The molecule has 0 saturated heterocycles. The van der Waals surface area contributed by atoms with Crippen LogP contribution in [0.1, 0.15) is 0 Å². The Labute approximate surface area is 77.6 Å². The van der Waals surface area contributed by atoms with Crippen molar-refractivity contribution in [3.63, 3.8) is 0 Å². The molecule has 0 radical (unpaired) electrons. The topological polar surface area (TPSA) is 57.2 Å². The Kier molecular flexibility index (Phi) is 3.73. The van der Waals surface area contributed by atoms with Crippen LogP contribution in [0.15, 0.2) is 0 Å². The predicted molar refractivity (Wildman–Crippen MR) is 33.2 cm³/mol. The summed E-state index contributed by atoms with van der Waals surface area (Å²) in [4.78, 5) is 0. The maximum Gasteiger partial charge on any atom is 0.410 e. The van der Waals surface area contributed by atoms with Crippen LogP contribution in [0, 0.1) is 0 Å². The molecule has 0 heterocycles. The molecule has 0 aliphatic carbocycles. The second kappa shape index (κ2) is 3.77. The highest BCUT2D eigenvalue weighted by molar-refractivity contribution is 8.70. The molecule has 0 unspecified atom stereocenters. The highest BCUT2D eigenvalue weighted by atomic mass is 33.1. The Morgan fingerprint density at radius 3 is 1.36 bits per heavy atom. The third kappa shape index (κ3) is 4.91. The Bertz CT molecular complexity index is 274. The first-order chi connectivity index (χ1) is 5.84. The Balaban J connectivity index is 4.97. The van der Waals surface area contributed by atoms with Crippen LogP contribution >= 0.6 is 10.8 Å². The smallest absolute Gasteiger partial charge is 0.410 e. The lowest BCUT2D eigenvalue weighted by Gasteiger charge is -2.22. The maximum absolute atomic E-state index is 11.6. The summed E-state index contributed by atoms with van der Waals surface area (Å²) in [6.07, 6.45) is -11.7. The summed E-state index contributed by atoms with van der Waals surface area (Å²) in [5.41, 5.74) is 0. The van der Waals surface area contributed by atoms with Gasteiger partial charge in [0.05, 0.1) is 0 Å². The molecule has 0 atom stereocenters. The van der Waals surface area contributed by atoms with E-state index in [1.807, 2.05) is 0 Å². The normalized spacial score (nSPS) is 14.9. The van der Waals surface area contributed by atoms with Gasteiger partial charge in [-0.2, -0.15) is 26.3 Å². The van der Waals surface area contributed by atoms with Crippen molar-refractivity contribution in [1.29, 1.82) is 0 Å². The molecule has 0 fully saturated rings. The second-order valence-corrected chi connectivity index (χ2v) is 5.25. The van der Waals surface area contributed by atoms with E-state index in [9.17, 15) is 39.3 Å². The molecule has 14 heavy (non-hydrogen) atoms. The molecular formula is C3HF6O3S2-. The van der Waals surface area contributed by atoms with E-state index in [-0.39, 0.29) is 0 Å². The van der Waals surface area contributed by atoms with Gasteiger partial charge in [-0.3, -0.25) is 0 Å². The first-order valence-electron chi connectivity index (χ1n) is 2.61. The van der Waals surface area contributed by atoms with Gasteiger partial charge in [0.15, 0.2) is 0 Å². The third-order valence-electron chi connectivity index (χ3n) is 0.809. The zero-order valence-electron chi connectivity index (χ0n) is 5.89. The molecular weight excluding hydrogens is 262 g/mol. The molecule has 0 aromatic heterocycles. The number of hydrogen-bond acceptors (Lipinski definition) is 4. The highest BCUT2D eigenvalue weighted by Crippen LogP contribution is 2.43. The van der Waals surface area contributed by atoms with Gasteiger partial charge in [0, 0.05) is 0 Å². The van der Waals surface area contributed by atoms with Crippen molar-refractivity contribution in [2.45, 2.75) is 17.6 Å². The van der Waals surface area contributed by atoms with Crippen LogP contribution < -0.4 is 0 Å². The minimum atomic E-state index is -5.83. The molecule has 0 N–H and O–H groups in total. The fourth-order valence-electron chi connectivity index (χ4n) is 0.413. The average molecular weight is 263 g/mol. The Morgan fingerprint density at radius 2 is 1.29 bits per heavy atom. The minimum absolute atomic E-state index is 1.72. The Hall–Kier alpha value is -0.160. The number of halogens is 6. The summed E-state index contributed by atoms with van der Waals surface area (Å²) in [6.45, 7) is 0. The number of rotatable bonds is 2. The molecule has 0 aliphatic rings. The molecule has 11 heteroatoms. The molecule has 0 spiro atoms. The zero-order valence-corrected chi connectivity index (χ0v) is 7.52. The largest absolute Gasteiger partial charge is 0.739 e. The molecule has 0 aromatic carbocycles. The van der Waals surface area contributed by atoms with Crippen molar-refractivity contribution in [3.05, 3.63) is 0 Å². The summed E-state index contributed by atoms with van der Waals surface area (Å²) < 4.78 is 98.8. The fourth-order valence-corrected chi connectivity index (χ4v) is 2.23. The second-order valence-electron chi connectivity index (χ2n) is 1.97. The first-order valence-corrected chi connectivity index (χ1v) is 5.42. The van der Waals surface area contributed by atoms with E-state index in [4.69, 9.17) is 0 Å². The molecule has 0 saturated carbocycles. The van der Waals surface area contributed by atoms with Gasteiger partial charge in [0.1, 0.15) is 9.15 Å². The summed E-state index contributed by atoms with van der Waals surface area (Å²) in [5.74, 6) is 0. The molecule has 86 valence electrons. The molecule has 0 bridgehead atoms. The standard InChI is InChI=1S/C3H2F6O3S2/c4-2(5,6)1(3(7,8)9)13-14(10,11)12/h1H,(H,10,11,12)/p-1. The van der Waals surface area contributed by atoms with Crippen molar-refractivity contribution in [2.75, 3.05) is 0 Å². The van der Waals surface area contributed by atoms with Gasteiger partial charge in [0.25, 0.3) is 0 Å². The Morgan fingerprint density at radius 1 is 1.00 bits per heavy atom. The maximum atomic E-state index is 11.6. The fraction of sp³-hybridized carbons (Fsp3) is 1.00. The third-order valence-corrected chi connectivity index (χ3v) is 3.06. The zero-order chi connectivity index (χ0) is 11.8. The molecule has 0 aliphatic heterocycles. The lowest BCUT2D eigenvalue weighted by Crippen LogP contribution is -2.40. The SMILES string of the molecule is O=S(=O)([O-])SC(C(F)(F)F)C(F)(F)F. The van der Waals surface area contributed by atoms with E-state index in [1.165, 1.54) is 0 Å². The van der Waals surface area contributed by atoms with E-state index >= 15 is 0 Å². The quantitative estimate of drug-likeness (QED) is 0.432. The van der Waals surface area contributed by atoms with Crippen LogP contribution in [0.4, 0.5) is 26.3 Å². The van der Waals surface area contributed by atoms with Crippen LogP contribution in [-0.2, 0) is 9.15 Å². The highest BCUT2D eigenvalue weighted by Gasteiger charge is 2.58. The molecule has 0 amide bonds. The monoisotopic (exact) mass is 263 g/mol.